The van der Waals surface area contributed by atoms with E-state index in [2.05, 4.69) is 69.5 Å². The summed E-state index contributed by atoms with van der Waals surface area (Å²) in [6.45, 7) is 7.14. The first-order valence-electron chi connectivity index (χ1n) is 7.20. The molecule has 5 heteroatoms. The Bertz CT molecular complexity index is 583. The molecule has 2 aromatic heterocycles. The monoisotopic (exact) mass is 367 g/mol. The van der Waals surface area contributed by atoms with Crippen LogP contribution in [0.5, 0.6) is 0 Å². The fourth-order valence-electron chi connectivity index (χ4n) is 2.28. The van der Waals surface area contributed by atoms with Gasteiger partial charge in [-0.15, -0.1) is 11.3 Å². The van der Waals surface area contributed by atoms with Gasteiger partial charge in [0.15, 0.2) is 0 Å². The lowest BCUT2D eigenvalue weighted by Crippen LogP contribution is -2.19. The van der Waals surface area contributed by atoms with E-state index in [1.165, 1.54) is 16.0 Å². The highest BCUT2D eigenvalue weighted by molar-refractivity contribution is 9.10. The van der Waals surface area contributed by atoms with Gasteiger partial charge in [-0.25, -0.2) is 4.98 Å². The largest absolute Gasteiger partial charge is 0.354 e. The molecular weight excluding hydrogens is 346 g/mol. The van der Waals surface area contributed by atoms with Gasteiger partial charge in [-0.05, 0) is 59.1 Å². The highest BCUT2D eigenvalue weighted by Gasteiger charge is 2.09. The third-order valence-corrected chi connectivity index (χ3v) is 4.92. The second-order valence-corrected chi connectivity index (χ2v) is 7.16. The number of nitrogens with one attached hydrogen (secondary N) is 1. The molecule has 0 fully saturated rings. The number of aryl methyl sites for hydroxylation is 1. The summed E-state index contributed by atoms with van der Waals surface area (Å²) in [7, 11) is 2.10. The van der Waals surface area contributed by atoms with Crippen LogP contribution in [0.3, 0.4) is 0 Å². The van der Waals surface area contributed by atoms with Gasteiger partial charge in [-0.2, -0.15) is 0 Å². The zero-order chi connectivity index (χ0) is 15.2. The maximum absolute atomic E-state index is 4.64. The summed E-state index contributed by atoms with van der Waals surface area (Å²) in [6, 6.07) is 4.39. The average molecular weight is 368 g/mol. The van der Waals surface area contributed by atoms with Crippen molar-refractivity contribution in [1.29, 1.82) is 0 Å². The molecular formula is C16H22BrN3S. The summed E-state index contributed by atoms with van der Waals surface area (Å²) in [5.74, 6) is 1.05. The molecule has 0 saturated carbocycles. The van der Waals surface area contributed by atoms with E-state index in [4.69, 9.17) is 0 Å². The minimum atomic E-state index is 0.886. The van der Waals surface area contributed by atoms with Crippen LogP contribution >= 0.6 is 27.3 Å². The number of thiophene rings is 1. The Balaban J connectivity index is 2.02. The smallest absolute Gasteiger partial charge is 0.131 e. The van der Waals surface area contributed by atoms with E-state index in [1.807, 2.05) is 6.20 Å². The predicted molar refractivity (Wildman–Crippen MR) is 95.1 cm³/mol. The maximum Gasteiger partial charge on any atom is 0.131 e. The summed E-state index contributed by atoms with van der Waals surface area (Å²) in [5.41, 5.74) is 2.47. The molecule has 0 aromatic carbocycles. The van der Waals surface area contributed by atoms with Gasteiger partial charge in [-0.1, -0.05) is 6.92 Å². The highest BCUT2D eigenvalue weighted by atomic mass is 79.9. The Hall–Kier alpha value is -0.910. The van der Waals surface area contributed by atoms with Crippen LogP contribution in [0.4, 0.5) is 5.82 Å². The Morgan fingerprint density at radius 2 is 2.19 bits per heavy atom. The molecule has 0 spiro atoms. The summed E-state index contributed by atoms with van der Waals surface area (Å²) >= 11 is 5.27. The van der Waals surface area contributed by atoms with E-state index >= 15 is 0 Å². The lowest BCUT2D eigenvalue weighted by atomic mass is 10.2. The second kappa shape index (κ2) is 7.92. The number of anilines is 1. The molecule has 0 unspecified atom stereocenters. The van der Waals surface area contributed by atoms with Crippen LogP contribution in [0, 0.1) is 6.92 Å². The summed E-state index contributed by atoms with van der Waals surface area (Å²) in [4.78, 5) is 8.18. The van der Waals surface area contributed by atoms with Crippen LogP contribution in [-0.4, -0.2) is 18.6 Å². The average Bonchev–Trinajstić information content (AvgIpc) is 2.84. The van der Waals surface area contributed by atoms with Crippen molar-refractivity contribution in [1.82, 2.24) is 10.3 Å². The van der Waals surface area contributed by atoms with Gasteiger partial charge in [0.1, 0.15) is 5.82 Å². The minimum Gasteiger partial charge on any atom is -0.354 e. The molecule has 114 valence electrons. The molecule has 1 N–H and O–H groups in total. The molecule has 0 amide bonds. The normalized spacial score (nSPS) is 10.9. The minimum absolute atomic E-state index is 0.886. The number of rotatable bonds is 7. The third kappa shape index (κ3) is 4.80. The van der Waals surface area contributed by atoms with E-state index in [0.29, 0.717) is 0 Å². The molecule has 2 heterocycles. The Morgan fingerprint density at radius 1 is 1.38 bits per heavy atom. The van der Waals surface area contributed by atoms with Gasteiger partial charge in [0, 0.05) is 34.5 Å². The van der Waals surface area contributed by atoms with Crippen LogP contribution < -0.4 is 10.2 Å². The number of halogens is 1. The van der Waals surface area contributed by atoms with E-state index in [0.717, 1.165) is 36.3 Å². The first-order valence-corrected chi connectivity index (χ1v) is 8.87. The number of pyridine rings is 1. The van der Waals surface area contributed by atoms with Crippen LogP contribution in [0.15, 0.2) is 28.2 Å². The van der Waals surface area contributed by atoms with Gasteiger partial charge in [0.05, 0.1) is 6.54 Å². The SMILES string of the molecule is CCCNCc1cnc(N(C)Cc2cc(Br)cs2)c(C)c1. The van der Waals surface area contributed by atoms with Crippen molar-refractivity contribution in [3.63, 3.8) is 0 Å². The number of aromatic nitrogens is 1. The fourth-order valence-corrected chi connectivity index (χ4v) is 3.78. The molecule has 0 atom stereocenters. The van der Waals surface area contributed by atoms with Gasteiger partial charge >= 0.3 is 0 Å². The Morgan fingerprint density at radius 3 is 2.81 bits per heavy atom. The van der Waals surface area contributed by atoms with Gasteiger partial charge in [0.2, 0.25) is 0 Å². The highest BCUT2D eigenvalue weighted by Crippen LogP contribution is 2.24. The van der Waals surface area contributed by atoms with Crippen molar-refractivity contribution in [3.8, 4) is 0 Å². The molecule has 3 nitrogen and oxygen atoms in total. The first kappa shape index (κ1) is 16.5. The van der Waals surface area contributed by atoms with Gasteiger partial charge in [-0.3, -0.25) is 0 Å². The summed E-state index contributed by atoms with van der Waals surface area (Å²) < 4.78 is 1.15. The Kier molecular flexibility index (Phi) is 6.21. The van der Waals surface area contributed by atoms with Crippen LogP contribution in [0.1, 0.15) is 29.3 Å². The van der Waals surface area contributed by atoms with E-state index in [1.54, 1.807) is 11.3 Å². The molecule has 0 aliphatic carbocycles. The maximum atomic E-state index is 4.64. The quantitative estimate of drug-likeness (QED) is 0.737. The number of nitrogens with zero attached hydrogens (tertiary/aromatic N) is 2. The number of hydrogen-bond donors (Lipinski definition) is 1. The molecule has 2 aromatic rings. The number of hydrogen-bond acceptors (Lipinski definition) is 4. The zero-order valence-electron chi connectivity index (χ0n) is 12.8. The van der Waals surface area contributed by atoms with Crippen LogP contribution in [0.2, 0.25) is 0 Å². The molecule has 0 aliphatic heterocycles. The van der Waals surface area contributed by atoms with Crippen LogP contribution in [0.25, 0.3) is 0 Å². The lowest BCUT2D eigenvalue weighted by molar-refractivity contribution is 0.673. The first-order chi connectivity index (χ1) is 10.1. The summed E-state index contributed by atoms with van der Waals surface area (Å²) in [6.07, 6.45) is 3.13. The van der Waals surface area contributed by atoms with E-state index in [9.17, 15) is 0 Å². The molecule has 2 rings (SSSR count). The molecule has 21 heavy (non-hydrogen) atoms. The molecule has 0 saturated heterocycles. The van der Waals surface area contributed by atoms with Crippen molar-refractivity contribution in [2.45, 2.75) is 33.4 Å². The molecule has 0 radical (unpaired) electrons. The van der Waals surface area contributed by atoms with Gasteiger partial charge in [0.25, 0.3) is 0 Å². The van der Waals surface area contributed by atoms with E-state index < -0.39 is 0 Å². The van der Waals surface area contributed by atoms with E-state index in [-0.39, 0.29) is 0 Å². The fraction of sp³-hybridized carbons (Fsp3) is 0.438. The van der Waals surface area contributed by atoms with Crippen molar-refractivity contribution in [2.75, 3.05) is 18.5 Å². The van der Waals surface area contributed by atoms with Crippen molar-refractivity contribution in [3.05, 3.63) is 44.2 Å². The zero-order valence-corrected chi connectivity index (χ0v) is 15.2. The topological polar surface area (TPSA) is 28.2 Å². The van der Waals surface area contributed by atoms with Crippen molar-refractivity contribution < 1.29 is 0 Å². The predicted octanol–water partition coefficient (Wildman–Crippen LogP) is 4.35. The van der Waals surface area contributed by atoms with Crippen molar-refractivity contribution >= 4 is 33.1 Å². The summed E-state index contributed by atoms with van der Waals surface area (Å²) in [5, 5.41) is 5.53. The second-order valence-electron chi connectivity index (χ2n) is 5.25. The lowest BCUT2D eigenvalue weighted by Gasteiger charge is -2.20. The molecule has 0 bridgehead atoms. The third-order valence-electron chi connectivity index (χ3n) is 3.24. The van der Waals surface area contributed by atoms with Crippen LogP contribution in [-0.2, 0) is 13.1 Å². The Labute approximate surface area is 139 Å². The van der Waals surface area contributed by atoms with Crippen molar-refractivity contribution in [2.24, 2.45) is 0 Å². The van der Waals surface area contributed by atoms with Gasteiger partial charge < -0.3 is 10.2 Å². The molecule has 0 aliphatic rings. The standard InChI is InChI=1S/C16H22BrN3S/c1-4-5-18-8-13-6-12(2)16(19-9-13)20(3)10-15-7-14(17)11-21-15/h6-7,9,11,18H,4-5,8,10H2,1-3H3.